The fourth-order valence-corrected chi connectivity index (χ4v) is 4.10. The summed E-state index contributed by atoms with van der Waals surface area (Å²) >= 11 is 0. The molecule has 116 valence electrons. The number of hydrogen-bond donors (Lipinski definition) is 2. The molecule has 0 atom stereocenters. The minimum atomic E-state index is -3.54. The third kappa shape index (κ3) is 3.84. The van der Waals surface area contributed by atoms with Crippen LogP contribution in [-0.4, -0.2) is 21.0 Å². The maximum Gasteiger partial charge on any atom is 0.244 e. The number of sulfonamides is 1. The van der Waals surface area contributed by atoms with E-state index in [-0.39, 0.29) is 6.04 Å². The Morgan fingerprint density at radius 2 is 1.70 bits per heavy atom. The number of furan rings is 1. The van der Waals surface area contributed by atoms with Gasteiger partial charge in [0.15, 0.2) is 0 Å². The van der Waals surface area contributed by atoms with Crippen LogP contribution in [-0.2, 0) is 16.6 Å². The Morgan fingerprint density at radius 1 is 1.10 bits per heavy atom. The minimum absolute atomic E-state index is 0.0402. The molecule has 0 aliphatic rings. The smallest absolute Gasteiger partial charge is 0.244 e. The highest BCUT2D eigenvalue weighted by Crippen LogP contribution is 2.26. The topological polar surface area (TPSA) is 71.3 Å². The Kier molecular flexibility index (Phi) is 6.23. The molecule has 0 spiro atoms. The first-order valence-electron chi connectivity index (χ1n) is 7.19. The molecule has 5 nitrogen and oxygen atoms in total. The predicted octanol–water partition coefficient (Wildman–Crippen LogP) is 2.47. The van der Waals surface area contributed by atoms with Gasteiger partial charge in [0, 0.05) is 18.2 Å². The maximum atomic E-state index is 12.6. The lowest BCUT2D eigenvalue weighted by molar-refractivity contribution is 0.491. The van der Waals surface area contributed by atoms with Crippen LogP contribution in [0.3, 0.4) is 0 Å². The van der Waals surface area contributed by atoms with Gasteiger partial charge in [-0.15, -0.1) is 0 Å². The molecule has 0 unspecified atom stereocenters. The monoisotopic (exact) mass is 302 g/mol. The molecular formula is C14H26N2O3S. The van der Waals surface area contributed by atoms with E-state index in [4.69, 9.17) is 4.42 Å². The van der Waals surface area contributed by atoms with Gasteiger partial charge in [0.1, 0.15) is 16.4 Å². The number of nitrogens with one attached hydrogen (secondary N) is 2. The van der Waals surface area contributed by atoms with Gasteiger partial charge in [0.05, 0.1) is 0 Å². The van der Waals surface area contributed by atoms with Gasteiger partial charge >= 0.3 is 0 Å². The molecule has 1 rings (SSSR count). The van der Waals surface area contributed by atoms with Gasteiger partial charge in [-0.05, 0) is 33.2 Å². The molecule has 0 amide bonds. The van der Waals surface area contributed by atoms with E-state index in [9.17, 15) is 8.42 Å². The van der Waals surface area contributed by atoms with Crippen molar-refractivity contribution in [2.45, 2.75) is 64.9 Å². The van der Waals surface area contributed by atoms with Gasteiger partial charge < -0.3 is 9.73 Å². The van der Waals surface area contributed by atoms with Crippen molar-refractivity contribution >= 4 is 10.0 Å². The predicted molar refractivity (Wildman–Crippen MR) is 80.3 cm³/mol. The standard InChI is InChI=1S/C14H26N2O3S/c1-6-12(7-2)16-20(17,18)14-11(5)19-10(4)13(14)9-15-8-3/h12,15-16H,6-9H2,1-5H3. The summed E-state index contributed by atoms with van der Waals surface area (Å²) in [7, 11) is -3.54. The quantitative estimate of drug-likeness (QED) is 0.774. The highest BCUT2D eigenvalue weighted by atomic mass is 32.2. The van der Waals surface area contributed by atoms with E-state index in [1.54, 1.807) is 13.8 Å². The van der Waals surface area contributed by atoms with E-state index in [0.29, 0.717) is 23.0 Å². The summed E-state index contributed by atoms with van der Waals surface area (Å²) in [5, 5.41) is 3.16. The fourth-order valence-electron chi connectivity index (χ4n) is 2.25. The van der Waals surface area contributed by atoms with Crippen LogP contribution in [0, 0.1) is 13.8 Å². The zero-order valence-corrected chi connectivity index (χ0v) is 13.9. The van der Waals surface area contributed by atoms with Gasteiger partial charge in [0.25, 0.3) is 0 Å². The molecule has 6 heteroatoms. The van der Waals surface area contributed by atoms with Gasteiger partial charge in [-0.2, -0.15) is 0 Å². The van der Waals surface area contributed by atoms with E-state index in [0.717, 1.165) is 24.9 Å². The lowest BCUT2D eigenvalue weighted by Crippen LogP contribution is -2.34. The van der Waals surface area contributed by atoms with E-state index in [1.807, 2.05) is 20.8 Å². The normalized spacial score (nSPS) is 12.3. The Bertz CT molecular complexity index is 531. The number of rotatable bonds is 8. The van der Waals surface area contributed by atoms with Crippen LogP contribution < -0.4 is 10.0 Å². The lowest BCUT2D eigenvalue weighted by atomic mass is 10.2. The molecule has 1 heterocycles. The third-order valence-electron chi connectivity index (χ3n) is 3.45. The summed E-state index contributed by atoms with van der Waals surface area (Å²) in [4.78, 5) is 0.294. The average Bonchev–Trinajstić information content (AvgIpc) is 2.68. The highest BCUT2D eigenvalue weighted by Gasteiger charge is 2.28. The van der Waals surface area contributed by atoms with Crippen molar-refractivity contribution in [2.24, 2.45) is 0 Å². The first-order valence-corrected chi connectivity index (χ1v) is 8.67. The molecule has 0 bridgehead atoms. The molecule has 0 saturated heterocycles. The van der Waals surface area contributed by atoms with Crippen LogP contribution in [0.25, 0.3) is 0 Å². The summed E-state index contributed by atoms with van der Waals surface area (Å²) in [6, 6.07) is -0.0402. The minimum Gasteiger partial charge on any atom is -0.465 e. The van der Waals surface area contributed by atoms with Crippen molar-refractivity contribution in [3.63, 3.8) is 0 Å². The van der Waals surface area contributed by atoms with Crippen molar-refractivity contribution in [2.75, 3.05) is 6.54 Å². The highest BCUT2D eigenvalue weighted by molar-refractivity contribution is 7.89. The first-order chi connectivity index (χ1) is 9.37. The van der Waals surface area contributed by atoms with Crippen LogP contribution in [0.2, 0.25) is 0 Å². The van der Waals surface area contributed by atoms with Gasteiger partial charge in [0.2, 0.25) is 10.0 Å². The molecule has 0 aliphatic carbocycles. The van der Waals surface area contributed by atoms with Crippen molar-refractivity contribution < 1.29 is 12.8 Å². The summed E-state index contributed by atoms with van der Waals surface area (Å²) in [6.07, 6.45) is 1.54. The zero-order valence-electron chi connectivity index (χ0n) is 13.0. The Balaban J connectivity index is 3.16. The van der Waals surface area contributed by atoms with Crippen molar-refractivity contribution in [1.29, 1.82) is 0 Å². The molecule has 0 aromatic carbocycles. The third-order valence-corrected chi connectivity index (χ3v) is 5.17. The molecule has 1 aromatic heterocycles. The second kappa shape index (κ2) is 7.24. The SMILES string of the molecule is CCNCc1c(C)oc(C)c1S(=O)(=O)NC(CC)CC. The average molecular weight is 302 g/mol. The van der Waals surface area contributed by atoms with Crippen molar-refractivity contribution in [3.05, 3.63) is 17.1 Å². The lowest BCUT2D eigenvalue weighted by Gasteiger charge is -2.15. The number of aryl methyl sites for hydroxylation is 2. The summed E-state index contributed by atoms with van der Waals surface area (Å²) < 4.78 is 33.4. The van der Waals surface area contributed by atoms with Crippen LogP contribution in [0.5, 0.6) is 0 Å². The first kappa shape index (κ1) is 17.2. The van der Waals surface area contributed by atoms with Gasteiger partial charge in [-0.1, -0.05) is 20.8 Å². The summed E-state index contributed by atoms with van der Waals surface area (Å²) in [6.45, 7) is 10.7. The van der Waals surface area contributed by atoms with Crippen LogP contribution in [0.4, 0.5) is 0 Å². The van der Waals surface area contributed by atoms with Crippen LogP contribution >= 0.6 is 0 Å². The molecule has 0 radical (unpaired) electrons. The number of hydrogen-bond acceptors (Lipinski definition) is 4. The summed E-state index contributed by atoms with van der Waals surface area (Å²) in [5.41, 5.74) is 0.725. The molecule has 1 aromatic rings. The van der Waals surface area contributed by atoms with E-state index >= 15 is 0 Å². The maximum absolute atomic E-state index is 12.6. The van der Waals surface area contributed by atoms with Crippen molar-refractivity contribution in [3.8, 4) is 0 Å². The second-order valence-corrected chi connectivity index (χ2v) is 6.59. The van der Waals surface area contributed by atoms with Gasteiger partial charge in [-0.3, -0.25) is 0 Å². The largest absolute Gasteiger partial charge is 0.465 e. The van der Waals surface area contributed by atoms with Crippen LogP contribution in [0.15, 0.2) is 9.31 Å². The Morgan fingerprint density at radius 3 is 2.20 bits per heavy atom. The second-order valence-electron chi connectivity index (χ2n) is 4.94. The molecule has 20 heavy (non-hydrogen) atoms. The molecule has 0 fully saturated rings. The zero-order chi connectivity index (χ0) is 15.3. The van der Waals surface area contributed by atoms with E-state index < -0.39 is 10.0 Å². The van der Waals surface area contributed by atoms with Gasteiger partial charge in [-0.25, -0.2) is 13.1 Å². The molecular weight excluding hydrogens is 276 g/mol. The molecule has 2 N–H and O–H groups in total. The Hall–Kier alpha value is -0.850. The van der Waals surface area contributed by atoms with Crippen molar-refractivity contribution in [1.82, 2.24) is 10.0 Å². The van der Waals surface area contributed by atoms with E-state index in [2.05, 4.69) is 10.0 Å². The Labute approximate surface area is 122 Å². The van der Waals surface area contributed by atoms with E-state index in [1.165, 1.54) is 0 Å². The molecule has 0 saturated carbocycles. The van der Waals surface area contributed by atoms with Crippen LogP contribution in [0.1, 0.15) is 50.7 Å². The molecule has 0 aliphatic heterocycles. The summed E-state index contributed by atoms with van der Waals surface area (Å²) in [5.74, 6) is 1.11. The fraction of sp³-hybridized carbons (Fsp3) is 0.714.